The smallest absolute Gasteiger partial charge is 0.358 e. The van der Waals surface area contributed by atoms with Gasteiger partial charge in [0.2, 0.25) is 0 Å². The molecule has 98 valence electrons. The molecule has 1 aromatic carbocycles. The van der Waals surface area contributed by atoms with Crippen LogP contribution in [0.3, 0.4) is 0 Å². The molecular formula is C12H8ClNO5. The second-order valence-electron chi connectivity index (χ2n) is 3.93. The van der Waals surface area contributed by atoms with Gasteiger partial charge in [0.1, 0.15) is 5.75 Å². The van der Waals surface area contributed by atoms with Gasteiger partial charge < -0.3 is 19.1 Å². The Hall–Kier alpha value is -2.05. The molecule has 2 aromatic rings. The Balaban J connectivity index is 2.12. The first kappa shape index (κ1) is 12.0. The third-order valence-corrected chi connectivity index (χ3v) is 2.89. The van der Waals surface area contributed by atoms with E-state index < -0.39 is 5.97 Å². The second kappa shape index (κ2) is 4.56. The van der Waals surface area contributed by atoms with Crippen molar-refractivity contribution in [1.29, 1.82) is 0 Å². The van der Waals surface area contributed by atoms with Gasteiger partial charge in [-0.05, 0) is 12.1 Å². The highest BCUT2D eigenvalue weighted by Gasteiger charge is 2.21. The molecule has 0 spiro atoms. The summed E-state index contributed by atoms with van der Waals surface area (Å²) in [5, 5.41) is 12.8. The van der Waals surface area contributed by atoms with Gasteiger partial charge in [0.15, 0.2) is 18.2 Å². The van der Waals surface area contributed by atoms with E-state index in [1.807, 2.05) is 0 Å². The number of rotatable bonds is 2. The molecule has 0 amide bonds. The minimum absolute atomic E-state index is 0.127. The third-order valence-electron chi connectivity index (χ3n) is 2.67. The van der Waals surface area contributed by atoms with Crippen LogP contribution in [-0.2, 0) is 11.3 Å². The number of aromatic nitrogens is 1. The largest absolute Gasteiger partial charge is 0.476 e. The van der Waals surface area contributed by atoms with Crippen molar-refractivity contribution in [3.05, 3.63) is 34.5 Å². The SMILES string of the molecule is O=C(O)c1cc(-c2cc(Cl)cc3c2OCOC3)on1. The van der Waals surface area contributed by atoms with E-state index in [1.165, 1.54) is 6.07 Å². The second-order valence-corrected chi connectivity index (χ2v) is 4.37. The first-order valence-corrected chi connectivity index (χ1v) is 5.76. The molecule has 0 unspecified atom stereocenters. The van der Waals surface area contributed by atoms with Gasteiger partial charge in [-0.15, -0.1) is 0 Å². The average Bonchev–Trinajstić information content (AvgIpc) is 2.87. The van der Waals surface area contributed by atoms with Crippen LogP contribution in [0.4, 0.5) is 0 Å². The molecule has 1 aliphatic rings. The Morgan fingerprint density at radius 1 is 1.37 bits per heavy atom. The molecule has 19 heavy (non-hydrogen) atoms. The van der Waals surface area contributed by atoms with Gasteiger partial charge >= 0.3 is 5.97 Å². The van der Waals surface area contributed by atoms with Crippen molar-refractivity contribution in [3.8, 4) is 17.1 Å². The maximum Gasteiger partial charge on any atom is 0.358 e. The van der Waals surface area contributed by atoms with Crippen LogP contribution in [0.15, 0.2) is 22.7 Å². The van der Waals surface area contributed by atoms with Crippen molar-refractivity contribution in [1.82, 2.24) is 5.16 Å². The van der Waals surface area contributed by atoms with E-state index in [0.29, 0.717) is 22.9 Å². The van der Waals surface area contributed by atoms with Crippen molar-refractivity contribution < 1.29 is 23.9 Å². The van der Waals surface area contributed by atoms with E-state index in [1.54, 1.807) is 12.1 Å². The van der Waals surface area contributed by atoms with Crippen LogP contribution in [0.2, 0.25) is 5.02 Å². The fourth-order valence-electron chi connectivity index (χ4n) is 1.87. The Morgan fingerprint density at radius 2 is 2.21 bits per heavy atom. The molecule has 0 aliphatic carbocycles. The summed E-state index contributed by atoms with van der Waals surface area (Å²) in [6.07, 6.45) is 0. The van der Waals surface area contributed by atoms with Crippen LogP contribution in [0.25, 0.3) is 11.3 Å². The number of ether oxygens (including phenoxy) is 2. The van der Waals surface area contributed by atoms with Crippen molar-refractivity contribution in [2.75, 3.05) is 6.79 Å². The number of hydrogen-bond acceptors (Lipinski definition) is 5. The zero-order chi connectivity index (χ0) is 13.4. The first-order valence-electron chi connectivity index (χ1n) is 5.38. The number of fused-ring (bicyclic) bond motifs is 1. The predicted octanol–water partition coefficient (Wildman–Crippen LogP) is 2.56. The molecule has 6 nitrogen and oxygen atoms in total. The molecule has 0 atom stereocenters. The lowest BCUT2D eigenvalue weighted by Gasteiger charge is -2.20. The van der Waals surface area contributed by atoms with E-state index >= 15 is 0 Å². The number of halogens is 1. The van der Waals surface area contributed by atoms with Gasteiger partial charge in [0.05, 0.1) is 12.2 Å². The highest BCUT2D eigenvalue weighted by atomic mass is 35.5. The molecule has 0 saturated heterocycles. The molecule has 1 N–H and O–H groups in total. The van der Waals surface area contributed by atoms with Crippen molar-refractivity contribution in [2.45, 2.75) is 6.61 Å². The molecule has 3 rings (SSSR count). The minimum atomic E-state index is -1.16. The molecular weight excluding hydrogens is 274 g/mol. The van der Waals surface area contributed by atoms with Gasteiger partial charge in [-0.1, -0.05) is 16.8 Å². The summed E-state index contributed by atoms with van der Waals surface area (Å²) in [7, 11) is 0. The molecule has 0 fully saturated rings. The molecule has 0 saturated carbocycles. The molecule has 0 bridgehead atoms. The lowest BCUT2D eigenvalue weighted by Crippen LogP contribution is -2.12. The zero-order valence-corrected chi connectivity index (χ0v) is 10.3. The Bertz CT molecular complexity index is 652. The Kier molecular flexibility index (Phi) is 2.88. The fraction of sp³-hybridized carbons (Fsp3) is 0.167. The summed E-state index contributed by atoms with van der Waals surface area (Å²) in [6.45, 7) is 0.504. The maximum atomic E-state index is 10.8. The third kappa shape index (κ3) is 2.16. The van der Waals surface area contributed by atoms with Crippen LogP contribution in [0.5, 0.6) is 5.75 Å². The van der Waals surface area contributed by atoms with Crippen LogP contribution >= 0.6 is 11.6 Å². The maximum absolute atomic E-state index is 10.8. The number of aromatic carboxylic acids is 1. The van der Waals surface area contributed by atoms with Crippen molar-refractivity contribution in [2.24, 2.45) is 0 Å². The average molecular weight is 282 g/mol. The van der Waals surface area contributed by atoms with E-state index in [2.05, 4.69) is 5.16 Å². The van der Waals surface area contributed by atoms with Gasteiger partial charge in [-0.25, -0.2) is 4.79 Å². The van der Waals surface area contributed by atoms with Gasteiger partial charge in [-0.2, -0.15) is 0 Å². The van der Waals surface area contributed by atoms with E-state index in [-0.39, 0.29) is 18.2 Å². The molecule has 0 radical (unpaired) electrons. The number of benzene rings is 1. The normalized spacial score (nSPS) is 13.7. The van der Waals surface area contributed by atoms with Crippen LogP contribution in [0.1, 0.15) is 16.1 Å². The van der Waals surface area contributed by atoms with Crippen LogP contribution < -0.4 is 4.74 Å². The van der Waals surface area contributed by atoms with Crippen LogP contribution in [0, 0.1) is 0 Å². The topological polar surface area (TPSA) is 81.8 Å². The summed E-state index contributed by atoms with van der Waals surface area (Å²) in [5.41, 5.74) is 1.17. The van der Waals surface area contributed by atoms with E-state index in [9.17, 15) is 4.79 Å². The summed E-state index contributed by atoms with van der Waals surface area (Å²) >= 11 is 6.01. The monoisotopic (exact) mass is 281 g/mol. The number of carbonyl (C=O) groups is 1. The molecule has 1 aromatic heterocycles. The first-order chi connectivity index (χ1) is 9.15. The number of carboxylic acid groups (broad SMARTS) is 1. The highest BCUT2D eigenvalue weighted by molar-refractivity contribution is 6.31. The minimum Gasteiger partial charge on any atom is -0.476 e. The standard InChI is InChI=1S/C12H8ClNO5/c13-7-1-6-4-17-5-18-11(6)8(2-7)10-3-9(12(15)16)14-19-10/h1-3H,4-5H2,(H,15,16). The summed E-state index contributed by atoms with van der Waals surface area (Å²) in [5.74, 6) is -0.295. The fourth-order valence-corrected chi connectivity index (χ4v) is 2.11. The molecule has 2 heterocycles. The summed E-state index contributed by atoms with van der Waals surface area (Å²) in [4.78, 5) is 10.8. The van der Waals surface area contributed by atoms with Gasteiger partial charge in [-0.3, -0.25) is 0 Å². The number of carboxylic acids is 1. The summed E-state index contributed by atoms with van der Waals surface area (Å²) < 4.78 is 15.6. The van der Waals surface area contributed by atoms with E-state index in [0.717, 1.165) is 5.56 Å². The zero-order valence-electron chi connectivity index (χ0n) is 9.55. The van der Waals surface area contributed by atoms with Crippen molar-refractivity contribution in [3.63, 3.8) is 0 Å². The van der Waals surface area contributed by atoms with Crippen molar-refractivity contribution >= 4 is 17.6 Å². The molecule has 1 aliphatic heterocycles. The summed E-state index contributed by atoms with van der Waals surface area (Å²) in [6, 6.07) is 4.69. The van der Waals surface area contributed by atoms with Gasteiger partial charge in [0, 0.05) is 16.7 Å². The Labute approximate surface area is 112 Å². The predicted molar refractivity (Wildman–Crippen MR) is 64.2 cm³/mol. The lowest BCUT2D eigenvalue weighted by atomic mass is 10.1. The molecule has 7 heteroatoms. The number of nitrogens with zero attached hydrogens (tertiary/aromatic N) is 1. The Morgan fingerprint density at radius 3 is 2.95 bits per heavy atom. The lowest BCUT2D eigenvalue weighted by molar-refractivity contribution is -0.0160. The number of hydrogen-bond donors (Lipinski definition) is 1. The quantitative estimate of drug-likeness (QED) is 0.911. The van der Waals surface area contributed by atoms with Gasteiger partial charge in [0.25, 0.3) is 0 Å². The highest BCUT2D eigenvalue weighted by Crippen LogP contribution is 2.38. The van der Waals surface area contributed by atoms with E-state index in [4.69, 9.17) is 30.7 Å². The van der Waals surface area contributed by atoms with Crippen LogP contribution in [-0.4, -0.2) is 23.0 Å².